The summed E-state index contributed by atoms with van der Waals surface area (Å²) >= 11 is 0. The summed E-state index contributed by atoms with van der Waals surface area (Å²) in [6.07, 6.45) is 0. The zero-order valence-corrected chi connectivity index (χ0v) is 10.0. The lowest BCUT2D eigenvalue weighted by Crippen LogP contribution is -2.19. The lowest BCUT2D eigenvalue weighted by Gasteiger charge is -2.16. The van der Waals surface area contributed by atoms with Gasteiger partial charge in [-0.1, -0.05) is 24.1 Å². The molecule has 0 heterocycles. The van der Waals surface area contributed by atoms with Crippen LogP contribution in [0.15, 0.2) is 18.2 Å². The number of nitrogens with one attached hydrogen (secondary N) is 1. The second kappa shape index (κ2) is 5.58. The monoisotopic (exact) mass is 201 g/mol. The van der Waals surface area contributed by atoms with E-state index in [0.717, 1.165) is 6.54 Å². The van der Waals surface area contributed by atoms with E-state index >= 15 is 0 Å². The average molecular weight is 201 g/mol. The molecule has 0 fully saturated rings. The van der Waals surface area contributed by atoms with Gasteiger partial charge in [-0.25, -0.2) is 0 Å². The van der Waals surface area contributed by atoms with E-state index in [1.165, 1.54) is 16.7 Å². The van der Waals surface area contributed by atoms with E-state index in [-0.39, 0.29) is 0 Å². The molecule has 0 saturated heterocycles. The van der Waals surface area contributed by atoms with Crippen LogP contribution in [0.4, 0.5) is 0 Å². The molecule has 15 heavy (non-hydrogen) atoms. The topological polar surface area (TPSA) is 12.0 Å². The van der Waals surface area contributed by atoms with Gasteiger partial charge in [0.2, 0.25) is 0 Å². The fourth-order valence-corrected chi connectivity index (χ4v) is 1.65. The van der Waals surface area contributed by atoms with Crippen LogP contribution >= 0.6 is 0 Å². The van der Waals surface area contributed by atoms with Crippen molar-refractivity contribution in [2.75, 3.05) is 6.54 Å². The van der Waals surface area contributed by atoms with Crippen LogP contribution in [0.5, 0.6) is 0 Å². The summed E-state index contributed by atoms with van der Waals surface area (Å²) in [7, 11) is 0. The van der Waals surface area contributed by atoms with E-state index in [4.69, 9.17) is 0 Å². The third-order valence-electron chi connectivity index (χ3n) is 2.79. The maximum Gasteiger partial charge on any atom is 0.0581 e. The summed E-state index contributed by atoms with van der Waals surface area (Å²) in [5.41, 5.74) is 4.09. The van der Waals surface area contributed by atoms with Gasteiger partial charge in [0.05, 0.1) is 6.54 Å². The minimum atomic E-state index is 0.366. The summed E-state index contributed by atoms with van der Waals surface area (Å²) < 4.78 is 0. The Balaban J connectivity index is 2.76. The van der Waals surface area contributed by atoms with Crippen LogP contribution in [0.2, 0.25) is 0 Å². The van der Waals surface area contributed by atoms with Gasteiger partial charge in [0, 0.05) is 6.04 Å². The highest BCUT2D eigenvalue weighted by Crippen LogP contribution is 2.19. The predicted molar refractivity (Wildman–Crippen MR) is 65.8 cm³/mol. The Morgan fingerprint density at radius 2 is 2.07 bits per heavy atom. The van der Waals surface area contributed by atoms with Crippen LogP contribution in [-0.4, -0.2) is 6.54 Å². The van der Waals surface area contributed by atoms with Gasteiger partial charge in [-0.05, 0) is 44.4 Å². The predicted octanol–water partition coefficient (Wildman–Crippen LogP) is 2.98. The highest BCUT2D eigenvalue weighted by atomic mass is 14.9. The Morgan fingerprint density at radius 1 is 1.33 bits per heavy atom. The Labute approximate surface area is 92.9 Å². The quantitative estimate of drug-likeness (QED) is 0.741. The van der Waals surface area contributed by atoms with Crippen molar-refractivity contribution < 1.29 is 0 Å². The maximum atomic E-state index is 3.39. The van der Waals surface area contributed by atoms with Gasteiger partial charge in [-0.2, -0.15) is 0 Å². The molecule has 0 aliphatic heterocycles. The Bertz CT molecular complexity index is 382. The molecule has 0 amide bonds. The zero-order valence-electron chi connectivity index (χ0n) is 10.0. The number of rotatable bonds is 3. The number of benzene rings is 1. The van der Waals surface area contributed by atoms with Crippen molar-refractivity contribution in [3.8, 4) is 11.8 Å². The Hall–Kier alpha value is -1.26. The first-order chi connectivity index (χ1) is 7.16. The van der Waals surface area contributed by atoms with Crippen molar-refractivity contribution in [1.82, 2.24) is 5.32 Å². The molecule has 1 rings (SSSR count). The SMILES string of the molecule is CC#CCNC(C)c1cccc(C)c1C. The van der Waals surface area contributed by atoms with Crippen molar-refractivity contribution >= 4 is 0 Å². The minimum absolute atomic E-state index is 0.366. The first-order valence-corrected chi connectivity index (χ1v) is 5.36. The third kappa shape index (κ3) is 3.11. The van der Waals surface area contributed by atoms with Gasteiger partial charge in [-0.3, -0.25) is 5.32 Å². The van der Waals surface area contributed by atoms with Gasteiger partial charge < -0.3 is 0 Å². The molecular formula is C14H19N. The van der Waals surface area contributed by atoms with Crippen molar-refractivity contribution in [3.05, 3.63) is 34.9 Å². The third-order valence-corrected chi connectivity index (χ3v) is 2.79. The first kappa shape index (κ1) is 11.8. The molecule has 1 N–H and O–H groups in total. The molecule has 1 aromatic carbocycles. The number of aryl methyl sites for hydroxylation is 1. The van der Waals surface area contributed by atoms with Gasteiger partial charge in [0.15, 0.2) is 0 Å². The van der Waals surface area contributed by atoms with Gasteiger partial charge in [0.1, 0.15) is 0 Å². The van der Waals surface area contributed by atoms with Gasteiger partial charge in [0.25, 0.3) is 0 Å². The van der Waals surface area contributed by atoms with Gasteiger partial charge >= 0.3 is 0 Å². The van der Waals surface area contributed by atoms with Crippen molar-refractivity contribution in [2.24, 2.45) is 0 Å². The lowest BCUT2D eigenvalue weighted by atomic mass is 9.98. The Kier molecular flexibility index (Phi) is 4.39. The van der Waals surface area contributed by atoms with Crippen LogP contribution < -0.4 is 5.32 Å². The molecule has 1 aromatic rings. The summed E-state index contributed by atoms with van der Waals surface area (Å²) in [5.74, 6) is 5.91. The average Bonchev–Trinajstić information content (AvgIpc) is 2.22. The lowest BCUT2D eigenvalue weighted by molar-refractivity contribution is 0.619. The second-order valence-corrected chi connectivity index (χ2v) is 3.82. The fourth-order valence-electron chi connectivity index (χ4n) is 1.65. The zero-order chi connectivity index (χ0) is 11.3. The molecule has 0 aliphatic rings. The normalized spacial score (nSPS) is 11.7. The molecule has 1 atom stereocenters. The van der Waals surface area contributed by atoms with Crippen molar-refractivity contribution in [3.63, 3.8) is 0 Å². The highest BCUT2D eigenvalue weighted by Gasteiger charge is 2.07. The van der Waals surface area contributed by atoms with Crippen LogP contribution in [0.3, 0.4) is 0 Å². The number of hydrogen-bond acceptors (Lipinski definition) is 1. The molecule has 0 bridgehead atoms. The van der Waals surface area contributed by atoms with Crippen molar-refractivity contribution in [2.45, 2.75) is 33.7 Å². The van der Waals surface area contributed by atoms with E-state index in [1.807, 2.05) is 6.92 Å². The standard InChI is InChI=1S/C14H19N/c1-5-6-10-15-13(4)14-9-7-8-11(2)12(14)3/h7-9,13,15H,10H2,1-4H3. The largest absolute Gasteiger partial charge is 0.300 e. The van der Waals surface area contributed by atoms with Crippen LogP contribution in [0.1, 0.15) is 36.6 Å². The van der Waals surface area contributed by atoms with Crippen LogP contribution in [-0.2, 0) is 0 Å². The fraction of sp³-hybridized carbons (Fsp3) is 0.429. The van der Waals surface area contributed by atoms with E-state index in [0.29, 0.717) is 6.04 Å². The summed E-state index contributed by atoms with van der Waals surface area (Å²) in [6, 6.07) is 6.81. The molecule has 0 aromatic heterocycles. The van der Waals surface area contributed by atoms with E-state index in [2.05, 4.69) is 56.1 Å². The van der Waals surface area contributed by atoms with Crippen LogP contribution in [0, 0.1) is 25.7 Å². The molecule has 0 saturated carbocycles. The Morgan fingerprint density at radius 3 is 2.73 bits per heavy atom. The number of hydrogen-bond donors (Lipinski definition) is 1. The molecular weight excluding hydrogens is 182 g/mol. The van der Waals surface area contributed by atoms with Gasteiger partial charge in [-0.15, -0.1) is 5.92 Å². The van der Waals surface area contributed by atoms with E-state index in [1.54, 1.807) is 0 Å². The molecule has 80 valence electrons. The highest BCUT2D eigenvalue weighted by molar-refractivity contribution is 5.35. The maximum absolute atomic E-state index is 3.39. The second-order valence-electron chi connectivity index (χ2n) is 3.82. The van der Waals surface area contributed by atoms with E-state index in [9.17, 15) is 0 Å². The molecule has 0 radical (unpaired) electrons. The smallest absolute Gasteiger partial charge is 0.0581 e. The summed E-state index contributed by atoms with van der Waals surface area (Å²) in [5, 5.41) is 3.39. The summed E-state index contributed by atoms with van der Waals surface area (Å²) in [6.45, 7) is 9.13. The molecule has 1 heteroatoms. The van der Waals surface area contributed by atoms with Crippen molar-refractivity contribution in [1.29, 1.82) is 0 Å². The summed E-state index contributed by atoms with van der Waals surface area (Å²) in [4.78, 5) is 0. The first-order valence-electron chi connectivity index (χ1n) is 5.36. The molecule has 1 nitrogen and oxygen atoms in total. The molecule has 0 aliphatic carbocycles. The minimum Gasteiger partial charge on any atom is -0.300 e. The van der Waals surface area contributed by atoms with Crippen LogP contribution in [0.25, 0.3) is 0 Å². The van der Waals surface area contributed by atoms with E-state index < -0.39 is 0 Å². The molecule has 1 unspecified atom stereocenters. The molecule has 0 spiro atoms.